The highest BCUT2D eigenvalue weighted by atomic mass is 16.7. The number of hydroxylamine groups is 2. The Labute approximate surface area is 188 Å². The number of amides is 3. The monoisotopic (exact) mass is 448 g/mol. The van der Waals surface area contributed by atoms with Crippen LogP contribution in [0, 0.1) is 0 Å². The highest BCUT2D eigenvalue weighted by Crippen LogP contribution is 2.14. The van der Waals surface area contributed by atoms with Crippen molar-refractivity contribution in [1.82, 2.24) is 10.4 Å². The van der Waals surface area contributed by atoms with E-state index in [1.807, 2.05) is 0 Å². The van der Waals surface area contributed by atoms with Gasteiger partial charge in [-0.1, -0.05) is 32.6 Å². The largest absolute Gasteiger partial charge is 0.379 e. The van der Waals surface area contributed by atoms with Crippen LogP contribution in [0.1, 0.15) is 72.6 Å². The van der Waals surface area contributed by atoms with Crippen LogP contribution >= 0.6 is 0 Å². The quantitative estimate of drug-likeness (QED) is 0.324. The van der Waals surface area contributed by atoms with Crippen molar-refractivity contribution in [2.45, 2.75) is 51.9 Å². The van der Waals surface area contributed by atoms with Crippen molar-refractivity contribution in [2.75, 3.05) is 33.0 Å². The van der Waals surface area contributed by atoms with Gasteiger partial charge in [0.1, 0.15) is 0 Å². The smallest absolute Gasteiger partial charge is 0.363 e. The normalized spacial score (nSPS) is 13.5. The molecule has 0 aliphatic carbocycles. The Balaban J connectivity index is 1.57. The van der Waals surface area contributed by atoms with E-state index < -0.39 is 17.8 Å². The van der Waals surface area contributed by atoms with Gasteiger partial charge in [-0.15, -0.1) is 5.06 Å². The van der Waals surface area contributed by atoms with Crippen molar-refractivity contribution in [3.63, 3.8) is 0 Å². The Hall–Kier alpha value is -2.78. The number of carbonyl (C=O) groups excluding carboxylic acids is 4. The van der Waals surface area contributed by atoms with Crippen LogP contribution in [0.5, 0.6) is 0 Å². The second-order valence-electron chi connectivity index (χ2n) is 7.43. The lowest BCUT2D eigenvalue weighted by atomic mass is 10.1. The molecule has 1 fully saturated rings. The summed E-state index contributed by atoms with van der Waals surface area (Å²) >= 11 is 0. The van der Waals surface area contributed by atoms with Crippen LogP contribution in [0.2, 0.25) is 0 Å². The van der Waals surface area contributed by atoms with Gasteiger partial charge in [-0.2, -0.15) is 0 Å². The molecule has 1 aromatic rings. The van der Waals surface area contributed by atoms with Crippen molar-refractivity contribution in [3.8, 4) is 0 Å². The summed E-state index contributed by atoms with van der Waals surface area (Å²) in [6.07, 6.45) is 6.08. The minimum Gasteiger partial charge on any atom is -0.379 e. The fraction of sp³-hybridized carbons (Fsp3) is 0.565. The van der Waals surface area contributed by atoms with Gasteiger partial charge in [0, 0.05) is 31.6 Å². The van der Waals surface area contributed by atoms with Crippen LogP contribution in [0.4, 0.5) is 0 Å². The number of imide groups is 1. The third-order valence-electron chi connectivity index (χ3n) is 4.86. The summed E-state index contributed by atoms with van der Waals surface area (Å²) in [7, 11) is 0. The Kier molecular flexibility index (Phi) is 11.4. The summed E-state index contributed by atoms with van der Waals surface area (Å²) < 4.78 is 10.9. The zero-order valence-corrected chi connectivity index (χ0v) is 18.6. The van der Waals surface area contributed by atoms with Gasteiger partial charge < -0.3 is 19.6 Å². The fourth-order valence-corrected chi connectivity index (χ4v) is 3.02. The number of hydrogen-bond acceptors (Lipinski definition) is 7. The van der Waals surface area contributed by atoms with Crippen molar-refractivity contribution < 1.29 is 33.5 Å². The van der Waals surface area contributed by atoms with E-state index in [1.165, 1.54) is 49.9 Å². The minimum absolute atomic E-state index is 0.0289. The molecule has 2 rings (SSSR count). The number of ether oxygens (including phenoxy) is 2. The molecule has 1 heterocycles. The SMILES string of the molecule is CCCCCCCOCCOCCNC(=O)c1ccc(C(=O)ON2C(=O)CCC2=O)cc1. The molecule has 1 aliphatic heterocycles. The van der Waals surface area contributed by atoms with E-state index in [1.54, 1.807) is 0 Å². The molecule has 32 heavy (non-hydrogen) atoms. The fourth-order valence-electron chi connectivity index (χ4n) is 3.02. The lowest BCUT2D eigenvalue weighted by Crippen LogP contribution is -2.32. The molecule has 9 nitrogen and oxygen atoms in total. The number of nitrogens with zero attached hydrogens (tertiary/aromatic N) is 1. The van der Waals surface area contributed by atoms with Gasteiger partial charge >= 0.3 is 5.97 Å². The molecule has 1 aromatic carbocycles. The van der Waals surface area contributed by atoms with Crippen LogP contribution in [0.15, 0.2) is 24.3 Å². The molecule has 0 radical (unpaired) electrons. The summed E-state index contributed by atoms with van der Waals surface area (Å²) in [5.41, 5.74) is 0.490. The van der Waals surface area contributed by atoms with E-state index in [2.05, 4.69) is 12.2 Å². The molecular formula is C23H32N2O7. The van der Waals surface area contributed by atoms with Gasteiger partial charge in [-0.05, 0) is 30.7 Å². The van der Waals surface area contributed by atoms with E-state index in [9.17, 15) is 19.2 Å². The average Bonchev–Trinajstić information content (AvgIpc) is 3.11. The first-order valence-corrected chi connectivity index (χ1v) is 11.1. The van der Waals surface area contributed by atoms with Gasteiger partial charge in [0.05, 0.1) is 25.4 Å². The molecule has 3 amide bonds. The van der Waals surface area contributed by atoms with Crippen molar-refractivity contribution in [1.29, 1.82) is 0 Å². The maximum atomic E-state index is 12.2. The molecule has 1 saturated heterocycles. The van der Waals surface area contributed by atoms with Crippen LogP contribution in [0.25, 0.3) is 0 Å². The maximum Gasteiger partial charge on any atom is 0.363 e. The molecule has 0 unspecified atom stereocenters. The van der Waals surface area contributed by atoms with Gasteiger partial charge in [0.25, 0.3) is 17.7 Å². The zero-order valence-electron chi connectivity index (χ0n) is 18.6. The highest BCUT2D eigenvalue weighted by molar-refractivity contribution is 6.03. The molecule has 1 N–H and O–H groups in total. The summed E-state index contributed by atoms with van der Waals surface area (Å²) in [5, 5.41) is 3.22. The molecule has 0 aromatic heterocycles. The van der Waals surface area contributed by atoms with E-state index in [-0.39, 0.29) is 24.3 Å². The molecule has 0 atom stereocenters. The molecular weight excluding hydrogens is 416 g/mol. The van der Waals surface area contributed by atoms with Crippen molar-refractivity contribution >= 4 is 23.7 Å². The predicted molar refractivity (Wildman–Crippen MR) is 116 cm³/mol. The summed E-state index contributed by atoms with van der Waals surface area (Å²) in [5.74, 6) is -2.23. The summed E-state index contributed by atoms with van der Waals surface area (Å²) in [6.45, 7) is 4.67. The molecule has 9 heteroatoms. The number of carbonyl (C=O) groups is 4. The van der Waals surface area contributed by atoms with Crippen LogP contribution in [0.3, 0.4) is 0 Å². The van der Waals surface area contributed by atoms with Crippen LogP contribution in [-0.2, 0) is 23.9 Å². The first kappa shape index (κ1) is 25.5. The molecule has 1 aliphatic rings. The number of hydrogen-bond donors (Lipinski definition) is 1. The Bertz CT molecular complexity index is 748. The molecule has 0 spiro atoms. The van der Waals surface area contributed by atoms with Crippen molar-refractivity contribution in [3.05, 3.63) is 35.4 Å². The number of benzene rings is 1. The van der Waals surface area contributed by atoms with E-state index in [0.717, 1.165) is 13.0 Å². The highest BCUT2D eigenvalue weighted by Gasteiger charge is 2.33. The second-order valence-corrected chi connectivity index (χ2v) is 7.43. The zero-order chi connectivity index (χ0) is 23.2. The van der Waals surface area contributed by atoms with Gasteiger partial charge in [-0.25, -0.2) is 4.79 Å². The maximum absolute atomic E-state index is 12.2. The van der Waals surface area contributed by atoms with Crippen molar-refractivity contribution in [2.24, 2.45) is 0 Å². The van der Waals surface area contributed by atoms with Gasteiger partial charge in [0.2, 0.25) is 0 Å². The Morgan fingerprint density at radius 3 is 2.09 bits per heavy atom. The number of rotatable bonds is 15. The average molecular weight is 449 g/mol. The first-order chi connectivity index (χ1) is 15.5. The van der Waals surface area contributed by atoms with Crippen LogP contribution in [-0.4, -0.2) is 61.7 Å². The van der Waals surface area contributed by atoms with Crippen LogP contribution < -0.4 is 5.32 Å². The Morgan fingerprint density at radius 1 is 0.844 bits per heavy atom. The second kappa shape index (κ2) is 14.3. The standard InChI is InChI=1S/C23H32N2O7/c1-2-3-4-5-6-14-30-16-17-31-15-13-24-22(28)18-7-9-19(10-8-18)23(29)32-25-20(26)11-12-21(25)27/h7-10H,2-6,11-17H2,1H3,(H,24,28). The molecule has 0 bridgehead atoms. The van der Waals surface area contributed by atoms with E-state index in [0.29, 0.717) is 37.0 Å². The van der Waals surface area contributed by atoms with Gasteiger partial charge in [0.15, 0.2) is 0 Å². The lowest BCUT2D eigenvalue weighted by Gasteiger charge is -2.12. The topological polar surface area (TPSA) is 111 Å². The number of unbranched alkanes of at least 4 members (excludes halogenated alkanes) is 4. The first-order valence-electron chi connectivity index (χ1n) is 11.1. The molecule has 176 valence electrons. The summed E-state index contributed by atoms with van der Waals surface area (Å²) in [4.78, 5) is 52.1. The van der Waals surface area contributed by atoms with E-state index in [4.69, 9.17) is 14.3 Å². The lowest BCUT2D eigenvalue weighted by molar-refractivity contribution is -0.172. The summed E-state index contributed by atoms with van der Waals surface area (Å²) in [6, 6.07) is 5.74. The third-order valence-corrected chi connectivity index (χ3v) is 4.86. The third kappa shape index (κ3) is 8.76. The Morgan fingerprint density at radius 2 is 1.44 bits per heavy atom. The molecule has 0 saturated carbocycles. The minimum atomic E-state index is -0.836. The van der Waals surface area contributed by atoms with Gasteiger partial charge in [-0.3, -0.25) is 14.4 Å². The predicted octanol–water partition coefficient (Wildman–Crippen LogP) is 2.64. The van der Waals surface area contributed by atoms with E-state index >= 15 is 0 Å². The number of nitrogens with one attached hydrogen (secondary N) is 1.